The van der Waals surface area contributed by atoms with Gasteiger partial charge in [0.05, 0.1) is 18.2 Å². The lowest BCUT2D eigenvalue weighted by molar-refractivity contribution is -0.130. The summed E-state index contributed by atoms with van der Waals surface area (Å²) in [6.07, 6.45) is 7.21. The fourth-order valence-electron chi connectivity index (χ4n) is 3.40. The van der Waals surface area contributed by atoms with Crippen LogP contribution >= 0.6 is 12.4 Å². The summed E-state index contributed by atoms with van der Waals surface area (Å²) in [5, 5.41) is 9.65. The second kappa shape index (κ2) is 9.01. The summed E-state index contributed by atoms with van der Waals surface area (Å²) in [5.74, 6) is -0.643. The standard InChI is InChI=1S/C19H25N5O2.ClH/c1-19(20)10-3-2-5-16(19)18(26)21-13-17(25)23-14-6-8-15(9-7-14)24-12-4-11-22-24;/h4,6-9,11-12,16H,2-3,5,10,13,20H2,1H3,(H,21,26)(H,23,25);1H. The minimum atomic E-state index is -0.499. The minimum absolute atomic E-state index is 0. The predicted octanol–water partition coefficient (Wildman–Crippen LogP) is 2.26. The molecule has 1 fully saturated rings. The molecule has 146 valence electrons. The van der Waals surface area contributed by atoms with Gasteiger partial charge < -0.3 is 16.4 Å². The van der Waals surface area contributed by atoms with Gasteiger partial charge in [-0.3, -0.25) is 9.59 Å². The van der Waals surface area contributed by atoms with E-state index < -0.39 is 5.54 Å². The second-order valence-corrected chi connectivity index (χ2v) is 7.07. The molecule has 1 aliphatic rings. The van der Waals surface area contributed by atoms with E-state index in [9.17, 15) is 9.59 Å². The van der Waals surface area contributed by atoms with Crippen molar-refractivity contribution in [3.63, 3.8) is 0 Å². The number of amides is 2. The quantitative estimate of drug-likeness (QED) is 0.727. The van der Waals surface area contributed by atoms with Crippen LogP contribution in [0.4, 0.5) is 5.69 Å². The normalized spacial score (nSPS) is 21.8. The summed E-state index contributed by atoms with van der Waals surface area (Å²) < 4.78 is 1.74. The van der Waals surface area contributed by atoms with E-state index >= 15 is 0 Å². The Balaban J connectivity index is 0.00000261. The number of carbonyl (C=O) groups excluding carboxylic acids is 2. The van der Waals surface area contributed by atoms with Crippen LogP contribution in [-0.2, 0) is 9.59 Å². The van der Waals surface area contributed by atoms with Gasteiger partial charge in [-0.2, -0.15) is 5.10 Å². The largest absolute Gasteiger partial charge is 0.347 e. The number of aromatic nitrogens is 2. The Kier molecular flexibility index (Phi) is 6.98. The molecule has 0 saturated heterocycles. The van der Waals surface area contributed by atoms with Gasteiger partial charge in [0, 0.05) is 23.6 Å². The molecule has 0 spiro atoms. The van der Waals surface area contributed by atoms with Gasteiger partial charge >= 0.3 is 0 Å². The summed E-state index contributed by atoms with van der Waals surface area (Å²) in [7, 11) is 0. The van der Waals surface area contributed by atoms with E-state index in [0.717, 1.165) is 31.4 Å². The molecule has 2 unspecified atom stereocenters. The summed E-state index contributed by atoms with van der Waals surface area (Å²) in [6.45, 7) is 1.85. The topological polar surface area (TPSA) is 102 Å². The molecule has 1 saturated carbocycles. The third kappa shape index (κ3) is 5.30. The number of nitrogens with one attached hydrogen (secondary N) is 2. The number of nitrogens with zero attached hydrogens (tertiary/aromatic N) is 2. The lowest BCUT2D eigenvalue weighted by atomic mass is 9.74. The Morgan fingerprint density at radius 3 is 2.67 bits per heavy atom. The Hall–Kier alpha value is -2.38. The highest BCUT2D eigenvalue weighted by Gasteiger charge is 2.37. The van der Waals surface area contributed by atoms with Gasteiger partial charge in [-0.15, -0.1) is 12.4 Å². The smallest absolute Gasteiger partial charge is 0.243 e. The highest BCUT2D eigenvalue weighted by Crippen LogP contribution is 2.31. The maximum atomic E-state index is 12.4. The average Bonchev–Trinajstić information content (AvgIpc) is 3.14. The van der Waals surface area contributed by atoms with Crippen LogP contribution in [0.1, 0.15) is 32.6 Å². The second-order valence-electron chi connectivity index (χ2n) is 7.07. The number of benzene rings is 1. The van der Waals surface area contributed by atoms with Gasteiger partial charge in [-0.05, 0) is 50.1 Å². The summed E-state index contributed by atoms with van der Waals surface area (Å²) in [4.78, 5) is 24.5. The van der Waals surface area contributed by atoms with Crippen molar-refractivity contribution in [2.24, 2.45) is 11.7 Å². The number of rotatable bonds is 5. The zero-order chi connectivity index (χ0) is 18.6. The van der Waals surface area contributed by atoms with Crippen LogP contribution in [0.2, 0.25) is 0 Å². The lowest BCUT2D eigenvalue weighted by Gasteiger charge is -2.37. The Bertz CT molecular complexity index is 759. The number of anilines is 1. The van der Waals surface area contributed by atoms with E-state index in [1.54, 1.807) is 23.0 Å². The van der Waals surface area contributed by atoms with Crippen LogP contribution in [0.5, 0.6) is 0 Å². The number of hydrogen-bond donors (Lipinski definition) is 3. The Morgan fingerprint density at radius 2 is 2.04 bits per heavy atom. The summed E-state index contributed by atoms with van der Waals surface area (Å²) in [6, 6.07) is 9.17. The molecule has 7 nitrogen and oxygen atoms in total. The number of nitrogens with two attached hydrogens (primary N) is 1. The van der Waals surface area contributed by atoms with E-state index in [-0.39, 0.29) is 36.7 Å². The first-order chi connectivity index (χ1) is 12.5. The van der Waals surface area contributed by atoms with Gasteiger partial charge in [-0.1, -0.05) is 12.8 Å². The average molecular weight is 392 g/mol. The van der Waals surface area contributed by atoms with E-state index in [4.69, 9.17) is 5.73 Å². The third-order valence-electron chi connectivity index (χ3n) is 4.91. The molecule has 0 bridgehead atoms. The zero-order valence-corrected chi connectivity index (χ0v) is 16.2. The molecule has 1 aromatic carbocycles. The highest BCUT2D eigenvalue weighted by molar-refractivity contribution is 5.95. The molecule has 0 aliphatic heterocycles. The maximum absolute atomic E-state index is 12.4. The molecular formula is C19H26ClN5O2. The summed E-state index contributed by atoms with van der Waals surface area (Å²) in [5.41, 5.74) is 7.31. The first kappa shape index (κ1) is 20.9. The molecule has 2 aromatic rings. The molecule has 3 rings (SSSR count). The van der Waals surface area contributed by atoms with Crippen molar-refractivity contribution in [1.29, 1.82) is 0 Å². The fraction of sp³-hybridized carbons (Fsp3) is 0.421. The molecule has 2 atom stereocenters. The SMILES string of the molecule is CC1(N)CCCCC1C(=O)NCC(=O)Nc1ccc(-n2cccn2)cc1.Cl. The summed E-state index contributed by atoms with van der Waals surface area (Å²) >= 11 is 0. The molecule has 0 radical (unpaired) electrons. The molecule has 27 heavy (non-hydrogen) atoms. The van der Waals surface area contributed by atoms with Crippen molar-refractivity contribution < 1.29 is 9.59 Å². The van der Waals surface area contributed by atoms with Crippen molar-refractivity contribution in [3.8, 4) is 5.69 Å². The molecule has 1 aliphatic carbocycles. The van der Waals surface area contributed by atoms with Crippen LogP contribution < -0.4 is 16.4 Å². The molecule has 8 heteroatoms. The molecular weight excluding hydrogens is 366 g/mol. The van der Waals surface area contributed by atoms with E-state index in [1.165, 1.54) is 0 Å². The van der Waals surface area contributed by atoms with Gasteiger partial charge in [-0.25, -0.2) is 4.68 Å². The fourth-order valence-corrected chi connectivity index (χ4v) is 3.40. The van der Waals surface area contributed by atoms with Crippen molar-refractivity contribution in [1.82, 2.24) is 15.1 Å². The van der Waals surface area contributed by atoms with E-state index in [2.05, 4.69) is 15.7 Å². The number of halogens is 1. The van der Waals surface area contributed by atoms with Gasteiger partial charge in [0.25, 0.3) is 0 Å². The molecule has 1 heterocycles. The first-order valence-electron chi connectivity index (χ1n) is 8.92. The van der Waals surface area contributed by atoms with Crippen LogP contribution in [0.15, 0.2) is 42.7 Å². The van der Waals surface area contributed by atoms with E-state index in [0.29, 0.717) is 5.69 Å². The van der Waals surface area contributed by atoms with Gasteiger partial charge in [0.2, 0.25) is 11.8 Å². The number of carbonyl (C=O) groups is 2. The Morgan fingerprint density at radius 1 is 1.30 bits per heavy atom. The van der Waals surface area contributed by atoms with Crippen LogP contribution in [-0.4, -0.2) is 33.7 Å². The van der Waals surface area contributed by atoms with Crippen molar-refractivity contribution in [2.75, 3.05) is 11.9 Å². The predicted molar refractivity (Wildman–Crippen MR) is 107 cm³/mol. The lowest BCUT2D eigenvalue weighted by Crippen LogP contribution is -2.53. The van der Waals surface area contributed by atoms with Crippen molar-refractivity contribution in [2.45, 2.75) is 38.1 Å². The highest BCUT2D eigenvalue weighted by atomic mass is 35.5. The first-order valence-corrected chi connectivity index (χ1v) is 8.92. The van der Waals surface area contributed by atoms with Crippen LogP contribution in [0.25, 0.3) is 5.69 Å². The van der Waals surface area contributed by atoms with Gasteiger partial charge in [0.15, 0.2) is 0 Å². The molecule has 1 aromatic heterocycles. The number of hydrogen-bond acceptors (Lipinski definition) is 4. The van der Waals surface area contributed by atoms with Gasteiger partial charge in [0.1, 0.15) is 0 Å². The van der Waals surface area contributed by atoms with Crippen LogP contribution in [0, 0.1) is 5.92 Å². The third-order valence-corrected chi connectivity index (χ3v) is 4.91. The zero-order valence-electron chi connectivity index (χ0n) is 15.4. The van der Waals surface area contributed by atoms with Crippen LogP contribution in [0.3, 0.4) is 0 Å². The molecule has 2 amide bonds. The maximum Gasteiger partial charge on any atom is 0.243 e. The molecule has 4 N–H and O–H groups in total. The minimum Gasteiger partial charge on any atom is -0.347 e. The van der Waals surface area contributed by atoms with E-state index in [1.807, 2.05) is 31.3 Å². The Labute approximate surface area is 165 Å². The van der Waals surface area contributed by atoms with Crippen molar-refractivity contribution >= 4 is 29.9 Å². The monoisotopic (exact) mass is 391 g/mol. The van der Waals surface area contributed by atoms with Crippen molar-refractivity contribution in [3.05, 3.63) is 42.7 Å².